The maximum absolute atomic E-state index is 14.2. The number of thiazole rings is 1. The van der Waals surface area contributed by atoms with Gasteiger partial charge in [0.15, 0.2) is 10.3 Å². The Balaban J connectivity index is 1.45. The average molecular weight is 443 g/mol. The molecular formula is C20H18ClF3N2O2S. The van der Waals surface area contributed by atoms with E-state index in [0.29, 0.717) is 16.0 Å². The molecule has 0 amide bonds. The highest BCUT2D eigenvalue weighted by Gasteiger charge is 2.35. The second-order valence-corrected chi connectivity index (χ2v) is 8.85. The van der Waals surface area contributed by atoms with Crippen molar-refractivity contribution in [3.05, 3.63) is 51.7 Å². The molecule has 1 fully saturated rings. The minimum absolute atomic E-state index is 0.0318. The molecule has 2 aromatic carbocycles. The molecule has 0 saturated carbocycles. The summed E-state index contributed by atoms with van der Waals surface area (Å²) < 4.78 is 48.7. The first-order valence-electron chi connectivity index (χ1n) is 9.06. The van der Waals surface area contributed by atoms with E-state index in [2.05, 4.69) is 4.98 Å². The molecule has 0 spiro atoms. The van der Waals surface area contributed by atoms with Gasteiger partial charge in [0.05, 0.1) is 0 Å². The number of aliphatic hydroxyl groups is 1. The van der Waals surface area contributed by atoms with Crippen molar-refractivity contribution in [2.24, 2.45) is 0 Å². The first kappa shape index (κ1) is 20.3. The van der Waals surface area contributed by atoms with E-state index in [1.807, 2.05) is 0 Å². The van der Waals surface area contributed by atoms with Crippen molar-refractivity contribution in [2.45, 2.75) is 25.4 Å². The third kappa shape index (κ3) is 4.01. The molecule has 29 heavy (non-hydrogen) atoms. The van der Waals surface area contributed by atoms with E-state index in [-0.39, 0.29) is 48.2 Å². The lowest BCUT2D eigenvalue weighted by Gasteiger charge is -2.39. The Bertz CT molecular complexity index is 1040. The number of benzene rings is 2. The summed E-state index contributed by atoms with van der Waals surface area (Å²) in [5.74, 6) is -1.33. The average Bonchev–Trinajstić information content (AvgIpc) is 3.05. The maximum atomic E-state index is 14.2. The fraction of sp³-hybridized carbons (Fsp3) is 0.350. The number of ether oxygens (including phenoxy) is 1. The van der Waals surface area contributed by atoms with Crippen LogP contribution in [0.1, 0.15) is 18.4 Å². The molecule has 9 heteroatoms. The summed E-state index contributed by atoms with van der Waals surface area (Å²) in [5.41, 5.74) is -0.592. The van der Waals surface area contributed by atoms with E-state index < -0.39 is 23.1 Å². The Labute approximate surface area is 174 Å². The van der Waals surface area contributed by atoms with Crippen LogP contribution in [0.25, 0.3) is 10.2 Å². The third-order valence-corrected chi connectivity index (χ3v) is 6.27. The lowest BCUT2D eigenvalue weighted by Crippen LogP contribution is -2.48. The highest BCUT2D eigenvalue weighted by atomic mass is 35.5. The molecule has 154 valence electrons. The van der Waals surface area contributed by atoms with Gasteiger partial charge in [0.2, 0.25) is 0 Å². The summed E-state index contributed by atoms with van der Waals surface area (Å²) in [4.78, 5) is 5.54. The summed E-state index contributed by atoms with van der Waals surface area (Å²) in [6.45, 7) is 2.16. The number of piperidine rings is 1. The van der Waals surface area contributed by atoms with Gasteiger partial charge >= 0.3 is 0 Å². The first-order chi connectivity index (χ1) is 13.8. The smallest absolute Gasteiger partial charge is 0.184 e. The van der Waals surface area contributed by atoms with Crippen molar-refractivity contribution >= 4 is 38.8 Å². The zero-order valence-corrected chi connectivity index (χ0v) is 17.1. The van der Waals surface area contributed by atoms with Crippen LogP contribution in [-0.4, -0.2) is 35.4 Å². The van der Waals surface area contributed by atoms with Crippen LogP contribution in [-0.2, 0) is 0 Å². The van der Waals surface area contributed by atoms with E-state index in [4.69, 9.17) is 16.3 Å². The van der Waals surface area contributed by atoms with E-state index in [9.17, 15) is 18.3 Å². The van der Waals surface area contributed by atoms with Gasteiger partial charge < -0.3 is 14.7 Å². The highest BCUT2D eigenvalue weighted by Crippen LogP contribution is 2.36. The Morgan fingerprint density at radius 3 is 2.48 bits per heavy atom. The van der Waals surface area contributed by atoms with Crippen LogP contribution < -0.4 is 9.64 Å². The number of anilines is 1. The number of nitrogens with zero attached hydrogens (tertiary/aromatic N) is 2. The van der Waals surface area contributed by atoms with Gasteiger partial charge in [-0.1, -0.05) is 22.9 Å². The van der Waals surface area contributed by atoms with Gasteiger partial charge in [-0.2, -0.15) is 0 Å². The molecule has 1 aliphatic heterocycles. The Kier molecular flexibility index (Phi) is 5.35. The first-order valence-corrected chi connectivity index (χ1v) is 10.3. The molecule has 3 aromatic rings. The molecule has 0 unspecified atom stereocenters. The quantitative estimate of drug-likeness (QED) is 0.611. The third-order valence-electron chi connectivity index (χ3n) is 5.10. The Hall–Kier alpha value is -2.03. The number of fused-ring (bicyclic) bond motifs is 1. The molecule has 4 rings (SSSR count). The van der Waals surface area contributed by atoms with Crippen LogP contribution in [0.2, 0.25) is 4.47 Å². The highest BCUT2D eigenvalue weighted by molar-refractivity contribution is 7.22. The number of rotatable bonds is 4. The van der Waals surface area contributed by atoms with Crippen LogP contribution >= 0.6 is 22.9 Å². The molecule has 4 nitrogen and oxygen atoms in total. The minimum atomic E-state index is -1.16. The van der Waals surface area contributed by atoms with E-state index in [1.165, 1.54) is 24.3 Å². The predicted molar refractivity (Wildman–Crippen MR) is 108 cm³/mol. The number of hydrogen-bond acceptors (Lipinski definition) is 5. The predicted octanol–water partition coefficient (Wildman–Crippen LogP) is 5.09. The Morgan fingerprint density at radius 2 is 1.83 bits per heavy atom. The van der Waals surface area contributed by atoms with E-state index >= 15 is 0 Å². The van der Waals surface area contributed by atoms with Crippen LogP contribution in [0.4, 0.5) is 18.9 Å². The van der Waals surface area contributed by atoms with Gasteiger partial charge in [0, 0.05) is 13.1 Å². The summed E-state index contributed by atoms with van der Waals surface area (Å²) in [5, 5.41) is 10.9. The number of aromatic nitrogens is 1. The van der Waals surface area contributed by atoms with Crippen LogP contribution in [0.5, 0.6) is 5.75 Å². The number of halogens is 4. The molecule has 1 aliphatic rings. The molecule has 0 radical (unpaired) electrons. The molecule has 1 N–H and O–H groups in total. The minimum Gasteiger partial charge on any atom is -0.489 e. The van der Waals surface area contributed by atoms with Crippen molar-refractivity contribution in [3.63, 3.8) is 0 Å². The summed E-state index contributed by atoms with van der Waals surface area (Å²) in [6.07, 6.45) is 0.543. The van der Waals surface area contributed by atoms with Gasteiger partial charge in [0.25, 0.3) is 0 Å². The second kappa shape index (κ2) is 7.66. The van der Waals surface area contributed by atoms with Crippen molar-refractivity contribution in [3.8, 4) is 5.75 Å². The van der Waals surface area contributed by atoms with Gasteiger partial charge in [-0.05, 0) is 49.6 Å². The van der Waals surface area contributed by atoms with E-state index in [1.54, 1.807) is 11.8 Å². The van der Waals surface area contributed by atoms with Crippen LogP contribution in [0.3, 0.4) is 0 Å². The maximum Gasteiger partial charge on any atom is 0.184 e. The van der Waals surface area contributed by atoms with Crippen molar-refractivity contribution in [1.82, 2.24) is 4.98 Å². The van der Waals surface area contributed by atoms with Gasteiger partial charge in [-0.3, -0.25) is 0 Å². The molecule has 0 bridgehead atoms. The molecular weight excluding hydrogens is 425 g/mol. The van der Waals surface area contributed by atoms with Crippen molar-refractivity contribution in [1.29, 1.82) is 0 Å². The van der Waals surface area contributed by atoms with Gasteiger partial charge in [-0.15, -0.1) is 0 Å². The van der Waals surface area contributed by atoms with Crippen molar-refractivity contribution in [2.75, 3.05) is 24.6 Å². The van der Waals surface area contributed by atoms with Crippen LogP contribution in [0, 0.1) is 24.4 Å². The summed E-state index contributed by atoms with van der Waals surface area (Å²) >= 11 is 6.98. The molecule has 0 atom stereocenters. The van der Waals surface area contributed by atoms with E-state index in [0.717, 1.165) is 11.3 Å². The Morgan fingerprint density at radius 1 is 1.17 bits per heavy atom. The fourth-order valence-corrected chi connectivity index (χ4v) is 4.63. The summed E-state index contributed by atoms with van der Waals surface area (Å²) in [7, 11) is 0. The van der Waals surface area contributed by atoms with Gasteiger partial charge in [0.1, 0.15) is 45.5 Å². The zero-order chi connectivity index (χ0) is 20.8. The van der Waals surface area contributed by atoms with Crippen molar-refractivity contribution < 1.29 is 23.0 Å². The molecule has 1 aromatic heterocycles. The molecule has 1 saturated heterocycles. The lowest BCUT2D eigenvalue weighted by molar-refractivity contribution is -0.0238. The molecule has 0 aliphatic carbocycles. The largest absolute Gasteiger partial charge is 0.489 e. The fourth-order valence-electron chi connectivity index (χ4n) is 3.54. The topological polar surface area (TPSA) is 45.6 Å². The van der Waals surface area contributed by atoms with Gasteiger partial charge in [-0.25, -0.2) is 18.2 Å². The summed E-state index contributed by atoms with van der Waals surface area (Å²) in [6, 6.07) is 5.30. The SMILES string of the molecule is Cc1cc(F)c(N2CCC(O)(COc3ccc(F)c4nc(Cl)sc34)CC2)c(F)c1. The van der Waals surface area contributed by atoms with Crippen LogP contribution in [0.15, 0.2) is 24.3 Å². The number of aryl methyl sites for hydroxylation is 1. The second-order valence-electron chi connectivity index (χ2n) is 7.27. The normalized spacial score (nSPS) is 16.4. The molecule has 2 heterocycles. The zero-order valence-electron chi connectivity index (χ0n) is 15.5. The number of hydrogen-bond donors (Lipinski definition) is 1. The monoisotopic (exact) mass is 442 g/mol. The standard InChI is InChI=1S/C20H18ClF3N2O2S/c1-11-8-13(23)17(14(24)9-11)26-6-4-20(27,5-7-26)10-28-15-3-2-12(22)16-18(15)29-19(21)25-16/h2-3,8-9,27H,4-7,10H2,1H3. The lowest BCUT2D eigenvalue weighted by atomic mass is 9.92.